The van der Waals surface area contributed by atoms with Crippen molar-refractivity contribution < 1.29 is 9.59 Å². The molecular weight excluding hydrogens is 326 g/mol. The van der Waals surface area contributed by atoms with Gasteiger partial charge in [-0.15, -0.1) is 6.58 Å². The maximum atomic E-state index is 12.2. The predicted octanol–water partition coefficient (Wildman–Crippen LogP) is 2.62. The first-order chi connectivity index (χ1) is 11.6. The van der Waals surface area contributed by atoms with E-state index in [1.807, 2.05) is 24.3 Å². The molecule has 0 saturated carbocycles. The van der Waals surface area contributed by atoms with Gasteiger partial charge in [0.25, 0.3) is 11.8 Å². The molecule has 0 atom stereocenters. The first kappa shape index (κ1) is 17.7. The first-order valence-corrected chi connectivity index (χ1v) is 7.85. The number of rotatable bonds is 7. The van der Waals surface area contributed by atoms with Crippen LogP contribution in [0.5, 0.6) is 0 Å². The van der Waals surface area contributed by atoms with Gasteiger partial charge in [-0.1, -0.05) is 29.8 Å². The smallest absolute Gasteiger partial charge is 0.270 e. The van der Waals surface area contributed by atoms with Crippen molar-refractivity contribution >= 4 is 23.4 Å². The summed E-state index contributed by atoms with van der Waals surface area (Å²) in [6, 6.07) is 10.5. The number of amides is 2. The van der Waals surface area contributed by atoms with Crippen LogP contribution in [0.15, 0.2) is 55.3 Å². The van der Waals surface area contributed by atoms with Crippen LogP contribution in [0.3, 0.4) is 0 Å². The molecule has 1 heterocycles. The molecule has 2 amide bonds. The summed E-state index contributed by atoms with van der Waals surface area (Å²) in [4.78, 5) is 28.0. The van der Waals surface area contributed by atoms with Gasteiger partial charge in [-0.05, 0) is 36.2 Å². The standard InChI is InChI=1S/C18H18ClN3O2/c1-2-9-21-18(24)16-12-14(8-11-20-16)17(23)22-10-7-13-3-5-15(19)6-4-13/h2-6,8,11-12H,1,7,9-10H2,(H,21,24)(H,22,23). The van der Waals surface area contributed by atoms with E-state index < -0.39 is 0 Å². The van der Waals surface area contributed by atoms with Crippen molar-refractivity contribution in [3.8, 4) is 0 Å². The van der Waals surface area contributed by atoms with Crippen molar-refractivity contribution in [3.63, 3.8) is 0 Å². The summed E-state index contributed by atoms with van der Waals surface area (Å²) in [5.74, 6) is -0.588. The summed E-state index contributed by atoms with van der Waals surface area (Å²) >= 11 is 5.83. The Morgan fingerprint density at radius 3 is 2.58 bits per heavy atom. The van der Waals surface area contributed by atoms with Gasteiger partial charge >= 0.3 is 0 Å². The Labute approximate surface area is 145 Å². The maximum Gasteiger partial charge on any atom is 0.270 e. The van der Waals surface area contributed by atoms with Crippen LogP contribution < -0.4 is 10.6 Å². The second-order valence-corrected chi connectivity index (χ2v) is 5.50. The third-order valence-electron chi connectivity index (χ3n) is 3.27. The molecule has 0 aliphatic carbocycles. The van der Waals surface area contributed by atoms with Crippen LogP contribution in [0, 0.1) is 0 Å². The number of benzene rings is 1. The summed E-state index contributed by atoms with van der Waals surface area (Å²) in [5, 5.41) is 6.13. The molecular formula is C18H18ClN3O2. The van der Waals surface area contributed by atoms with E-state index in [1.54, 1.807) is 12.1 Å². The molecule has 2 rings (SSSR count). The third kappa shape index (κ3) is 5.21. The minimum Gasteiger partial charge on any atom is -0.352 e. The molecule has 0 aliphatic rings. The average molecular weight is 344 g/mol. The van der Waals surface area contributed by atoms with E-state index in [0.29, 0.717) is 30.1 Å². The Morgan fingerprint density at radius 2 is 1.88 bits per heavy atom. The van der Waals surface area contributed by atoms with Crippen molar-refractivity contribution in [2.45, 2.75) is 6.42 Å². The van der Waals surface area contributed by atoms with Crippen LogP contribution in [-0.2, 0) is 6.42 Å². The van der Waals surface area contributed by atoms with Crippen LogP contribution in [0.4, 0.5) is 0 Å². The number of carbonyl (C=O) groups excluding carboxylic acids is 2. The number of hydrogen-bond acceptors (Lipinski definition) is 3. The largest absolute Gasteiger partial charge is 0.352 e. The minimum absolute atomic E-state index is 0.196. The second kappa shape index (κ2) is 8.84. The molecule has 1 aromatic carbocycles. The maximum absolute atomic E-state index is 12.2. The summed E-state index contributed by atoms with van der Waals surface area (Å²) in [6.07, 6.45) is 3.71. The molecule has 0 unspecified atom stereocenters. The minimum atomic E-state index is -0.342. The van der Waals surface area contributed by atoms with Gasteiger partial charge in [0.2, 0.25) is 0 Å². The van der Waals surface area contributed by atoms with Crippen LogP contribution in [0.1, 0.15) is 26.4 Å². The predicted molar refractivity (Wildman–Crippen MR) is 94.3 cm³/mol. The van der Waals surface area contributed by atoms with Gasteiger partial charge in [-0.25, -0.2) is 0 Å². The highest BCUT2D eigenvalue weighted by Gasteiger charge is 2.11. The molecule has 0 fully saturated rings. The second-order valence-electron chi connectivity index (χ2n) is 5.06. The van der Waals surface area contributed by atoms with Crippen molar-refractivity contribution in [1.29, 1.82) is 0 Å². The van der Waals surface area contributed by atoms with E-state index in [4.69, 9.17) is 11.6 Å². The van der Waals surface area contributed by atoms with Crippen molar-refractivity contribution in [2.24, 2.45) is 0 Å². The van der Waals surface area contributed by atoms with E-state index in [2.05, 4.69) is 22.2 Å². The van der Waals surface area contributed by atoms with Crippen molar-refractivity contribution in [2.75, 3.05) is 13.1 Å². The Hall–Kier alpha value is -2.66. The average Bonchev–Trinajstić information content (AvgIpc) is 2.61. The van der Waals surface area contributed by atoms with Gasteiger partial charge in [0.15, 0.2) is 0 Å². The molecule has 124 valence electrons. The number of halogens is 1. The summed E-state index contributed by atoms with van der Waals surface area (Å²) < 4.78 is 0. The molecule has 0 bridgehead atoms. The normalized spacial score (nSPS) is 10.0. The quantitative estimate of drug-likeness (QED) is 0.759. The van der Waals surface area contributed by atoms with Crippen molar-refractivity contribution in [3.05, 3.63) is 77.1 Å². The van der Waals surface area contributed by atoms with E-state index in [-0.39, 0.29) is 17.5 Å². The van der Waals surface area contributed by atoms with E-state index in [0.717, 1.165) is 5.56 Å². The van der Waals surface area contributed by atoms with E-state index in [1.165, 1.54) is 12.3 Å². The summed E-state index contributed by atoms with van der Waals surface area (Å²) in [7, 11) is 0. The zero-order valence-corrected chi connectivity index (χ0v) is 13.8. The van der Waals surface area contributed by atoms with Gasteiger partial charge in [0, 0.05) is 29.9 Å². The number of pyridine rings is 1. The topological polar surface area (TPSA) is 71.1 Å². The van der Waals surface area contributed by atoms with Gasteiger partial charge in [0.1, 0.15) is 5.69 Å². The molecule has 0 spiro atoms. The van der Waals surface area contributed by atoms with Gasteiger partial charge < -0.3 is 10.6 Å². The van der Waals surface area contributed by atoms with Gasteiger partial charge in [-0.2, -0.15) is 0 Å². The Kier molecular flexibility index (Phi) is 6.51. The van der Waals surface area contributed by atoms with Crippen LogP contribution >= 0.6 is 11.6 Å². The number of aromatic nitrogens is 1. The van der Waals surface area contributed by atoms with Crippen LogP contribution in [0.2, 0.25) is 5.02 Å². The molecule has 5 nitrogen and oxygen atoms in total. The van der Waals surface area contributed by atoms with Crippen molar-refractivity contribution in [1.82, 2.24) is 15.6 Å². The summed E-state index contributed by atoms with van der Waals surface area (Å²) in [6.45, 7) is 4.36. The lowest BCUT2D eigenvalue weighted by molar-refractivity contribution is 0.0953. The molecule has 1 aromatic heterocycles. The lowest BCUT2D eigenvalue weighted by atomic mass is 10.1. The monoisotopic (exact) mass is 343 g/mol. The molecule has 24 heavy (non-hydrogen) atoms. The molecule has 0 aliphatic heterocycles. The molecule has 2 N–H and O–H groups in total. The van der Waals surface area contributed by atoms with Crippen LogP contribution in [0.25, 0.3) is 0 Å². The number of hydrogen-bond donors (Lipinski definition) is 2. The number of nitrogens with one attached hydrogen (secondary N) is 2. The Balaban J connectivity index is 1.91. The Bertz CT molecular complexity index is 729. The fraction of sp³-hybridized carbons (Fsp3) is 0.167. The number of nitrogens with zero attached hydrogens (tertiary/aromatic N) is 1. The van der Waals surface area contributed by atoms with E-state index in [9.17, 15) is 9.59 Å². The van der Waals surface area contributed by atoms with Gasteiger partial charge in [-0.3, -0.25) is 14.6 Å². The van der Waals surface area contributed by atoms with Gasteiger partial charge in [0.05, 0.1) is 0 Å². The number of carbonyl (C=O) groups is 2. The Morgan fingerprint density at radius 1 is 1.12 bits per heavy atom. The molecule has 0 radical (unpaired) electrons. The molecule has 0 saturated heterocycles. The molecule has 2 aromatic rings. The SMILES string of the molecule is C=CCNC(=O)c1cc(C(=O)NCCc2ccc(Cl)cc2)ccn1. The lowest BCUT2D eigenvalue weighted by Crippen LogP contribution is -2.27. The fourth-order valence-electron chi connectivity index (χ4n) is 2.02. The fourth-order valence-corrected chi connectivity index (χ4v) is 2.15. The lowest BCUT2D eigenvalue weighted by Gasteiger charge is -2.07. The zero-order valence-electron chi connectivity index (χ0n) is 13.1. The highest BCUT2D eigenvalue weighted by Crippen LogP contribution is 2.09. The van der Waals surface area contributed by atoms with Crippen LogP contribution in [-0.4, -0.2) is 29.9 Å². The van der Waals surface area contributed by atoms with E-state index >= 15 is 0 Å². The molecule has 6 heteroatoms. The summed E-state index contributed by atoms with van der Waals surface area (Å²) in [5.41, 5.74) is 1.67. The first-order valence-electron chi connectivity index (χ1n) is 7.48. The highest BCUT2D eigenvalue weighted by atomic mass is 35.5. The zero-order chi connectivity index (χ0) is 17.4. The third-order valence-corrected chi connectivity index (χ3v) is 3.53. The highest BCUT2D eigenvalue weighted by molar-refractivity contribution is 6.30.